The summed E-state index contributed by atoms with van der Waals surface area (Å²) >= 11 is 0. The molecule has 0 bridgehead atoms. The third kappa shape index (κ3) is 5.04. The maximum atomic E-state index is 12.5. The number of rotatable bonds is 6. The molecule has 2 N–H and O–H groups in total. The molecule has 6 rings (SSSR count). The van der Waals surface area contributed by atoms with Gasteiger partial charge in [0.15, 0.2) is 6.29 Å². The molecule has 7 nitrogen and oxygen atoms in total. The molecule has 39 heavy (non-hydrogen) atoms. The highest BCUT2D eigenvalue weighted by atomic mass is 16.3. The van der Waals surface area contributed by atoms with E-state index in [0.717, 1.165) is 60.8 Å². The molecule has 0 radical (unpaired) electrons. The number of H-pyrrole nitrogens is 1. The van der Waals surface area contributed by atoms with Crippen LogP contribution in [-0.2, 0) is 6.54 Å². The van der Waals surface area contributed by atoms with Gasteiger partial charge in [0.05, 0.1) is 22.2 Å². The van der Waals surface area contributed by atoms with Crippen LogP contribution in [0.2, 0.25) is 0 Å². The molecule has 1 saturated heterocycles. The predicted octanol–water partition coefficient (Wildman–Crippen LogP) is 5.10. The summed E-state index contributed by atoms with van der Waals surface area (Å²) in [6.45, 7) is 4.33. The van der Waals surface area contributed by atoms with Crippen molar-refractivity contribution in [3.8, 4) is 28.1 Å². The van der Waals surface area contributed by atoms with Gasteiger partial charge in [0, 0.05) is 61.8 Å². The molecule has 2 aromatic heterocycles. The second-order valence-corrected chi connectivity index (χ2v) is 9.81. The minimum Gasteiger partial charge on any atom is -0.507 e. The van der Waals surface area contributed by atoms with Crippen LogP contribution in [0.4, 0.5) is 5.69 Å². The molecule has 0 saturated carbocycles. The summed E-state index contributed by atoms with van der Waals surface area (Å²) in [5.74, 6) is 0.0214. The van der Waals surface area contributed by atoms with Crippen LogP contribution >= 0.6 is 0 Å². The Bertz CT molecular complexity index is 1690. The Labute approximate surface area is 226 Å². The van der Waals surface area contributed by atoms with E-state index in [1.807, 2.05) is 48.5 Å². The Kier molecular flexibility index (Phi) is 6.65. The molecule has 7 heteroatoms. The van der Waals surface area contributed by atoms with Gasteiger partial charge in [-0.25, -0.2) is 4.98 Å². The normalized spacial score (nSPS) is 14.0. The van der Waals surface area contributed by atoms with E-state index in [1.165, 1.54) is 5.56 Å². The van der Waals surface area contributed by atoms with Crippen molar-refractivity contribution in [2.75, 3.05) is 31.1 Å². The monoisotopic (exact) mass is 516 g/mol. The van der Waals surface area contributed by atoms with E-state index in [4.69, 9.17) is 4.98 Å². The zero-order chi connectivity index (χ0) is 26.8. The first kappa shape index (κ1) is 24.6. The van der Waals surface area contributed by atoms with Gasteiger partial charge in [-0.15, -0.1) is 0 Å². The lowest BCUT2D eigenvalue weighted by Gasteiger charge is -2.36. The standard InChI is InChI=1S/C32H28N4O3/c37-21-25-10-11-26(18-30(25)38)36-16-14-35(15-17-36)20-22-6-8-24(9-7-22)31-27(23-4-2-1-3-5-23)19-28-29(34-31)12-13-33-32(28)39/h1-13,18-19,21,38H,14-17,20H2,(H,33,39). The fourth-order valence-corrected chi connectivity index (χ4v) is 5.19. The van der Waals surface area contributed by atoms with Crippen LogP contribution in [0.3, 0.4) is 0 Å². The minimum absolute atomic E-state index is 0.0214. The number of nitrogens with zero attached hydrogens (tertiary/aromatic N) is 3. The highest BCUT2D eigenvalue weighted by molar-refractivity contribution is 5.91. The number of carbonyl (C=O) groups excluding carboxylic acids is 1. The zero-order valence-corrected chi connectivity index (χ0v) is 21.4. The van der Waals surface area contributed by atoms with E-state index >= 15 is 0 Å². The van der Waals surface area contributed by atoms with Crippen molar-refractivity contribution < 1.29 is 9.90 Å². The van der Waals surface area contributed by atoms with Crippen LogP contribution in [0.25, 0.3) is 33.3 Å². The lowest BCUT2D eigenvalue weighted by atomic mass is 9.97. The van der Waals surface area contributed by atoms with Crippen molar-refractivity contribution >= 4 is 22.9 Å². The first-order chi connectivity index (χ1) is 19.1. The molecule has 3 heterocycles. The molecule has 0 unspecified atom stereocenters. The fraction of sp³-hybridized carbons (Fsp3) is 0.156. The van der Waals surface area contributed by atoms with Crippen LogP contribution in [0, 0.1) is 0 Å². The SMILES string of the molecule is O=Cc1ccc(N2CCN(Cc3ccc(-c4nc5cc[nH]c(=O)c5cc4-c4ccccc4)cc3)CC2)cc1O. The molecule has 0 spiro atoms. The topological polar surface area (TPSA) is 89.5 Å². The molecular formula is C32H28N4O3. The third-order valence-corrected chi connectivity index (χ3v) is 7.35. The van der Waals surface area contributed by atoms with E-state index in [-0.39, 0.29) is 11.3 Å². The van der Waals surface area contributed by atoms with Gasteiger partial charge in [0.1, 0.15) is 5.75 Å². The maximum Gasteiger partial charge on any atom is 0.257 e. The Morgan fingerprint density at radius 1 is 0.872 bits per heavy atom. The number of aromatic nitrogens is 2. The lowest BCUT2D eigenvalue weighted by molar-refractivity contribution is 0.112. The van der Waals surface area contributed by atoms with Crippen LogP contribution in [0.15, 0.2) is 95.9 Å². The summed E-state index contributed by atoms with van der Waals surface area (Å²) in [5.41, 5.74) is 6.78. The average Bonchev–Trinajstić information content (AvgIpc) is 2.98. The van der Waals surface area contributed by atoms with E-state index in [9.17, 15) is 14.7 Å². The van der Waals surface area contributed by atoms with Gasteiger partial charge in [-0.3, -0.25) is 14.5 Å². The molecular weight excluding hydrogens is 488 g/mol. The number of hydrogen-bond acceptors (Lipinski definition) is 6. The fourth-order valence-electron chi connectivity index (χ4n) is 5.19. The number of nitrogens with one attached hydrogen (secondary N) is 1. The van der Waals surface area contributed by atoms with Gasteiger partial charge in [0.25, 0.3) is 5.56 Å². The maximum absolute atomic E-state index is 12.5. The number of fused-ring (bicyclic) bond motifs is 1. The highest BCUT2D eigenvalue weighted by Crippen LogP contribution is 2.33. The molecule has 0 aliphatic carbocycles. The molecule has 1 aliphatic heterocycles. The summed E-state index contributed by atoms with van der Waals surface area (Å²) in [5, 5.41) is 10.6. The van der Waals surface area contributed by atoms with Gasteiger partial charge < -0.3 is 15.0 Å². The number of aromatic amines is 1. The number of phenols is 1. The van der Waals surface area contributed by atoms with E-state index in [0.29, 0.717) is 22.8 Å². The second-order valence-electron chi connectivity index (χ2n) is 9.81. The van der Waals surface area contributed by atoms with Crippen molar-refractivity contribution in [3.63, 3.8) is 0 Å². The Balaban J connectivity index is 1.20. The summed E-state index contributed by atoms with van der Waals surface area (Å²) in [7, 11) is 0. The van der Waals surface area contributed by atoms with Crippen LogP contribution in [0.1, 0.15) is 15.9 Å². The smallest absolute Gasteiger partial charge is 0.257 e. The number of anilines is 1. The molecule has 194 valence electrons. The van der Waals surface area contributed by atoms with Crippen molar-refractivity contribution in [3.05, 3.63) is 113 Å². The summed E-state index contributed by atoms with van der Waals surface area (Å²) < 4.78 is 0. The molecule has 0 amide bonds. The van der Waals surface area contributed by atoms with Gasteiger partial charge in [-0.05, 0) is 35.4 Å². The minimum atomic E-state index is -0.144. The molecule has 3 aromatic carbocycles. The number of aromatic hydroxyl groups is 1. The van der Waals surface area contributed by atoms with E-state index in [1.54, 1.807) is 18.3 Å². The highest BCUT2D eigenvalue weighted by Gasteiger charge is 2.19. The number of benzene rings is 3. The third-order valence-electron chi connectivity index (χ3n) is 7.35. The summed E-state index contributed by atoms with van der Waals surface area (Å²) in [4.78, 5) is 35.8. The first-order valence-electron chi connectivity index (χ1n) is 13.0. The number of pyridine rings is 2. The Hall–Kier alpha value is -4.75. The Morgan fingerprint density at radius 3 is 2.36 bits per heavy atom. The van der Waals surface area contributed by atoms with Crippen LogP contribution in [-0.4, -0.2) is 52.4 Å². The summed E-state index contributed by atoms with van der Waals surface area (Å²) in [6, 6.07) is 27.5. The number of carbonyl (C=O) groups is 1. The number of aldehydes is 1. The second kappa shape index (κ2) is 10.6. The number of hydrogen-bond donors (Lipinski definition) is 2. The molecule has 0 atom stereocenters. The first-order valence-corrected chi connectivity index (χ1v) is 13.0. The zero-order valence-electron chi connectivity index (χ0n) is 21.4. The van der Waals surface area contributed by atoms with Gasteiger partial charge in [-0.2, -0.15) is 0 Å². The molecule has 1 fully saturated rings. The Morgan fingerprint density at radius 2 is 1.64 bits per heavy atom. The molecule has 5 aromatic rings. The van der Waals surface area contributed by atoms with Crippen molar-refractivity contribution in [1.82, 2.24) is 14.9 Å². The van der Waals surface area contributed by atoms with Crippen molar-refractivity contribution in [1.29, 1.82) is 0 Å². The summed E-state index contributed by atoms with van der Waals surface area (Å²) in [6.07, 6.45) is 2.30. The number of piperazine rings is 1. The largest absolute Gasteiger partial charge is 0.507 e. The lowest BCUT2D eigenvalue weighted by Crippen LogP contribution is -2.45. The van der Waals surface area contributed by atoms with Gasteiger partial charge in [0.2, 0.25) is 0 Å². The van der Waals surface area contributed by atoms with E-state index in [2.05, 4.69) is 39.0 Å². The van der Waals surface area contributed by atoms with Crippen molar-refractivity contribution in [2.24, 2.45) is 0 Å². The van der Waals surface area contributed by atoms with Crippen LogP contribution < -0.4 is 10.5 Å². The van der Waals surface area contributed by atoms with E-state index < -0.39 is 0 Å². The van der Waals surface area contributed by atoms with Crippen molar-refractivity contribution in [2.45, 2.75) is 6.54 Å². The van der Waals surface area contributed by atoms with Gasteiger partial charge in [-0.1, -0.05) is 54.6 Å². The molecule has 1 aliphatic rings. The number of phenolic OH excluding ortho intramolecular Hbond substituents is 1. The van der Waals surface area contributed by atoms with Crippen LogP contribution in [0.5, 0.6) is 5.75 Å². The average molecular weight is 517 g/mol. The quantitative estimate of drug-likeness (QED) is 0.306. The van der Waals surface area contributed by atoms with Gasteiger partial charge >= 0.3 is 0 Å². The predicted molar refractivity (Wildman–Crippen MR) is 154 cm³/mol.